The van der Waals surface area contributed by atoms with Crippen molar-refractivity contribution >= 4 is 17.4 Å². The predicted molar refractivity (Wildman–Crippen MR) is 118 cm³/mol. The van der Waals surface area contributed by atoms with Crippen molar-refractivity contribution in [2.75, 3.05) is 33.1 Å². The molecule has 0 radical (unpaired) electrons. The van der Waals surface area contributed by atoms with Crippen LogP contribution < -0.4 is 14.8 Å². The minimum absolute atomic E-state index is 0.0145. The van der Waals surface area contributed by atoms with Crippen LogP contribution in [0.3, 0.4) is 0 Å². The zero-order valence-electron chi connectivity index (χ0n) is 18.3. The van der Waals surface area contributed by atoms with Gasteiger partial charge in [0.05, 0.1) is 11.9 Å². The van der Waals surface area contributed by atoms with Crippen molar-refractivity contribution in [3.05, 3.63) is 65.4 Å². The molecule has 1 N–H and O–H groups in total. The predicted octanol–water partition coefficient (Wildman–Crippen LogP) is 3.29. The van der Waals surface area contributed by atoms with Gasteiger partial charge in [0.2, 0.25) is 0 Å². The van der Waals surface area contributed by atoms with E-state index in [0.29, 0.717) is 41.7 Å². The second kappa shape index (κ2) is 9.71. The van der Waals surface area contributed by atoms with Crippen LogP contribution in [0.15, 0.2) is 48.7 Å². The molecule has 9 nitrogen and oxygen atoms in total. The Labute approximate surface area is 186 Å². The summed E-state index contributed by atoms with van der Waals surface area (Å²) >= 11 is 0. The molecule has 2 aromatic carbocycles. The van der Waals surface area contributed by atoms with Gasteiger partial charge in [-0.2, -0.15) is 5.10 Å². The molecule has 9 heteroatoms. The third-order valence-electron chi connectivity index (χ3n) is 5.18. The number of ether oxygens (including phenoxy) is 4. The maximum absolute atomic E-state index is 13.7. The number of aryl methyl sites for hydroxylation is 1. The van der Waals surface area contributed by atoms with E-state index in [1.165, 1.54) is 7.11 Å². The summed E-state index contributed by atoms with van der Waals surface area (Å²) in [7, 11) is 4.88. The lowest BCUT2D eigenvalue weighted by Crippen LogP contribution is -2.27. The van der Waals surface area contributed by atoms with Gasteiger partial charge in [-0.05, 0) is 11.1 Å². The molecule has 1 aliphatic heterocycles. The lowest BCUT2D eigenvalue weighted by atomic mass is 10.1. The standard InChI is InChI=1S/C23H26N4O5/c1-26-21(8-9-24-26)25-19-10-18(31-14-29-2)11-20(32-15-30-3)22(19)23(28)27-12-16-6-4-5-7-17(16)13-27/h4-11,25H,12-15H2,1-3H3. The molecule has 1 aromatic heterocycles. The fourth-order valence-electron chi connectivity index (χ4n) is 3.63. The fraction of sp³-hybridized carbons (Fsp3) is 0.304. The zero-order valence-corrected chi connectivity index (χ0v) is 18.3. The molecular weight excluding hydrogens is 412 g/mol. The van der Waals surface area contributed by atoms with Gasteiger partial charge in [-0.25, -0.2) is 0 Å². The fourth-order valence-corrected chi connectivity index (χ4v) is 3.63. The van der Waals surface area contributed by atoms with Crippen LogP contribution in [-0.2, 0) is 29.6 Å². The summed E-state index contributed by atoms with van der Waals surface area (Å²) in [4.78, 5) is 15.5. The van der Waals surface area contributed by atoms with Gasteiger partial charge < -0.3 is 29.2 Å². The number of nitrogens with zero attached hydrogens (tertiary/aromatic N) is 3. The van der Waals surface area contributed by atoms with E-state index in [2.05, 4.69) is 10.4 Å². The summed E-state index contributed by atoms with van der Waals surface area (Å²) in [5.41, 5.74) is 3.21. The molecule has 0 atom stereocenters. The first-order valence-corrected chi connectivity index (χ1v) is 10.1. The Morgan fingerprint density at radius 1 is 1.03 bits per heavy atom. The van der Waals surface area contributed by atoms with Crippen LogP contribution in [0.4, 0.5) is 11.5 Å². The van der Waals surface area contributed by atoms with Crippen molar-refractivity contribution in [3.8, 4) is 11.5 Å². The minimum Gasteiger partial charge on any atom is -0.467 e. The van der Waals surface area contributed by atoms with E-state index < -0.39 is 0 Å². The number of methoxy groups -OCH3 is 2. The van der Waals surface area contributed by atoms with Crippen LogP contribution in [-0.4, -0.2) is 48.4 Å². The van der Waals surface area contributed by atoms with Crippen molar-refractivity contribution in [1.29, 1.82) is 0 Å². The highest BCUT2D eigenvalue weighted by molar-refractivity contribution is 6.03. The summed E-state index contributed by atoms with van der Waals surface area (Å²) in [5.74, 6) is 1.40. The highest BCUT2D eigenvalue weighted by Crippen LogP contribution is 2.37. The lowest BCUT2D eigenvalue weighted by Gasteiger charge is -2.22. The molecule has 0 saturated carbocycles. The average molecular weight is 438 g/mol. The summed E-state index contributed by atoms with van der Waals surface area (Å²) < 4.78 is 23.3. The lowest BCUT2D eigenvalue weighted by molar-refractivity contribution is 0.0450. The summed E-state index contributed by atoms with van der Waals surface area (Å²) in [6, 6.07) is 13.3. The molecule has 1 aliphatic rings. The Bertz CT molecular complexity index is 1070. The largest absolute Gasteiger partial charge is 0.467 e. The summed E-state index contributed by atoms with van der Waals surface area (Å²) in [6.45, 7) is 1.11. The molecule has 0 spiro atoms. The molecule has 0 saturated heterocycles. The van der Waals surface area contributed by atoms with Gasteiger partial charge in [0.25, 0.3) is 5.91 Å². The molecule has 32 heavy (non-hydrogen) atoms. The zero-order chi connectivity index (χ0) is 22.5. The van der Waals surface area contributed by atoms with Crippen LogP contribution >= 0.6 is 0 Å². The van der Waals surface area contributed by atoms with Gasteiger partial charge in [-0.1, -0.05) is 24.3 Å². The van der Waals surface area contributed by atoms with Gasteiger partial charge in [-0.15, -0.1) is 0 Å². The van der Waals surface area contributed by atoms with Gasteiger partial charge in [0.15, 0.2) is 13.6 Å². The molecule has 1 amide bonds. The first-order valence-electron chi connectivity index (χ1n) is 10.1. The van der Waals surface area contributed by atoms with Crippen LogP contribution in [0.25, 0.3) is 0 Å². The number of fused-ring (bicyclic) bond motifs is 1. The van der Waals surface area contributed by atoms with E-state index in [9.17, 15) is 4.79 Å². The Hall–Kier alpha value is -3.56. The molecule has 4 rings (SSSR count). The highest BCUT2D eigenvalue weighted by Gasteiger charge is 2.29. The van der Waals surface area contributed by atoms with E-state index in [0.717, 1.165) is 11.1 Å². The van der Waals surface area contributed by atoms with E-state index >= 15 is 0 Å². The second-order valence-electron chi connectivity index (χ2n) is 7.34. The maximum atomic E-state index is 13.7. The number of amides is 1. The number of rotatable bonds is 9. The van der Waals surface area contributed by atoms with Gasteiger partial charge in [0, 0.05) is 52.6 Å². The SMILES string of the molecule is COCOc1cc(Nc2ccnn2C)c(C(=O)N2Cc3ccccc3C2)c(OCOC)c1. The van der Waals surface area contributed by atoms with Gasteiger partial charge in [-0.3, -0.25) is 9.48 Å². The van der Waals surface area contributed by atoms with Gasteiger partial charge >= 0.3 is 0 Å². The number of benzene rings is 2. The first kappa shape index (κ1) is 21.7. The van der Waals surface area contributed by atoms with Crippen molar-refractivity contribution in [2.45, 2.75) is 13.1 Å². The number of hydrogen-bond acceptors (Lipinski definition) is 7. The smallest absolute Gasteiger partial charge is 0.260 e. The van der Waals surface area contributed by atoms with Crippen molar-refractivity contribution in [2.24, 2.45) is 7.05 Å². The highest BCUT2D eigenvalue weighted by atomic mass is 16.7. The number of carbonyl (C=O) groups is 1. The molecular formula is C23H26N4O5. The van der Waals surface area contributed by atoms with Crippen LogP contribution in [0.1, 0.15) is 21.5 Å². The number of hydrogen-bond donors (Lipinski definition) is 1. The topological polar surface area (TPSA) is 87.1 Å². The van der Waals surface area contributed by atoms with Crippen molar-refractivity contribution in [3.63, 3.8) is 0 Å². The first-order chi connectivity index (χ1) is 15.6. The molecule has 0 aliphatic carbocycles. The number of nitrogens with one attached hydrogen (secondary N) is 1. The number of carbonyl (C=O) groups excluding carboxylic acids is 1. The third kappa shape index (κ3) is 4.53. The molecule has 3 aromatic rings. The minimum atomic E-state index is -0.157. The number of anilines is 2. The summed E-state index contributed by atoms with van der Waals surface area (Å²) in [6.07, 6.45) is 1.68. The Morgan fingerprint density at radius 3 is 2.34 bits per heavy atom. The normalized spacial score (nSPS) is 12.5. The van der Waals surface area contributed by atoms with Crippen LogP contribution in [0.5, 0.6) is 11.5 Å². The molecule has 168 valence electrons. The molecule has 0 unspecified atom stereocenters. The Kier molecular flexibility index (Phi) is 6.58. The average Bonchev–Trinajstić information content (AvgIpc) is 3.41. The maximum Gasteiger partial charge on any atom is 0.260 e. The molecule has 2 heterocycles. The van der Waals surface area contributed by atoms with E-state index in [1.807, 2.05) is 37.4 Å². The monoisotopic (exact) mass is 438 g/mol. The van der Waals surface area contributed by atoms with Gasteiger partial charge in [0.1, 0.15) is 22.9 Å². The Morgan fingerprint density at radius 2 is 1.72 bits per heavy atom. The molecule has 0 bridgehead atoms. The quantitative estimate of drug-likeness (QED) is 0.513. The Balaban J connectivity index is 1.75. The summed E-state index contributed by atoms with van der Waals surface area (Å²) in [5, 5.41) is 7.48. The van der Waals surface area contributed by atoms with Crippen LogP contribution in [0.2, 0.25) is 0 Å². The second-order valence-corrected chi connectivity index (χ2v) is 7.34. The van der Waals surface area contributed by atoms with E-state index in [-0.39, 0.29) is 19.5 Å². The van der Waals surface area contributed by atoms with Crippen molar-refractivity contribution < 1.29 is 23.7 Å². The van der Waals surface area contributed by atoms with Crippen molar-refractivity contribution in [1.82, 2.24) is 14.7 Å². The molecule has 0 fully saturated rings. The number of aromatic nitrogens is 2. The van der Waals surface area contributed by atoms with E-state index in [4.69, 9.17) is 18.9 Å². The van der Waals surface area contributed by atoms with Crippen LogP contribution in [0, 0.1) is 0 Å². The van der Waals surface area contributed by atoms with E-state index in [1.54, 1.807) is 35.0 Å². The third-order valence-corrected chi connectivity index (χ3v) is 5.18.